The van der Waals surface area contributed by atoms with Crippen molar-refractivity contribution in [3.63, 3.8) is 0 Å². The molecular weight excluding hydrogens is 365 g/mol. The molecule has 0 atom stereocenters. The molecule has 0 saturated carbocycles. The summed E-state index contributed by atoms with van der Waals surface area (Å²) in [4.78, 5) is 4.42. The number of ether oxygens (including phenoxy) is 1. The van der Waals surface area contributed by atoms with Crippen LogP contribution in [0.15, 0.2) is 36.4 Å². The summed E-state index contributed by atoms with van der Waals surface area (Å²) in [6, 6.07) is 11.7. The predicted molar refractivity (Wildman–Crippen MR) is 91.5 cm³/mol. The molecule has 0 saturated heterocycles. The molecule has 0 radical (unpaired) electrons. The van der Waals surface area contributed by atoms with Crippen LogP contribution < -0.4 is 15.8 Å². The lowest BCUT2D eigenvalue weighted by atomic mass is 10.2. The van der Waals surface area contributed by atoms with E-state index in [0.717, 1.165) is 9.26 Å². The van der Waals surface area contributed by atoms with E-state index in [1.165, 1.54) is 0 Å². The molecule has 0 aliphatic carbocycles. The number of nitrogens with two attached hydrogens (primary N) is 1. The molecule has 1 aromatic carbocycles. The number of rotatable bonds is 3. The standard InChI is InChI=1S/C15H18IN3O/c1-15(2,3)20-14-12(17)7-8-13(19-14)18-11-6-4-5-10(16)9-11/h4-9H,17H2,1-3H3,(H,18,19). The van der Waals surface area contributed by atoms with Crippen LogP contribution in [0.2, 0.25) is 0 Å². The van der Waals surface area contributed by atoms with Gasteiger partial charge < -0.3 is 15.8 Å². The van der Waals surface area contributed by atoms with Gasteiger partial charge in [-0.25, -0.2) is 0 Å². The van der Waals surface area contributed by atoms with E-state index in [1.807, 2.05) is 51.1 Å². The summed E-state index contributed by atoms with van der Waals surface area (Å²) >= 11 is 2.27. The third-order valence-corrected chi connectivity index (χ3v) is 3.06. The summed E-state index contributed by atoms with van der Waals surface area (Å²) in [6.07, 6.45) is 0. The zero-order chi connectivity index (χ0) is 14.8. The van der Waals surface area contributed by atoms with Gasteiger partial charge in [-0.1, -0.05) is 6.07 Å². The Morgan fingerprint density at radius 3 is 2.60 bits per heavy atom. The number of nitrogen functional groups attached to an aromatic ring is 1. The summed E-state index contributed by atoms with van der Waals surface area (Å²) in [5.74, 6) is 1.16. The minimum atomic E-state index is -0.331. The molecule has 4 nitrogen and oxygen atoms in total. The van der Waals surface area contributed by atoms with Gasteiger partial charge in [0.05, 0.1) is 5.69 Å². The highest BCUT2D eigenvalue weighted by molar-refractivity contribution is 14.1. The van der Waals surface area contributed by atoms with Crippen molar-refractivity contribution in [1.82, 2.24) is 4.98 Å². The van der Waals surface area contributed by atoms with E-state index in [0.29, 0.717) is 17.4 Å². The number of anilines is 3. The maximum absolute atomic E-state index is 5.90. The van der Waals surface area contributed by atoms with E-state index >= 15 is 0 Å². The Morgan fingerprint density at radius 1 is 1.20 bits per heavy atom. The second-order valence-corrected chi connectivity index (χ2v) is 6.69. The molecule has 0 unspecified atom stereocenters. The Kier molecular flexibility index (Phi) is 4.37. The SMILES string of the molecule is CC(C)(C)Oc1nc(Nc2cccc(I)c2)ccc1N. The summed E-state index contributed by atoms with van der Waals surface area (Å²) in [5, 5.41) is 3.25. The highest BCUT2D eigenvalue weighted by atomic mass is 127. The molecule has 1 heterocycles. The van der Waals surface area contributed by atoms with Crippen LogP contribution >= 0.6 is 22.6 Å². The minimum Gasteiger partial charge on any atom is -0.470 e. The highest BCUT2D eigenvalue weighted by Crippen LogP contribution is 2.26. The van der Waals surface area contributed by atoms with Gasteiger partial charge in [0, 0.05) is 9.26 Å². The normalized spacial score (nSPS) is 11.2. The van der Waals surface area contributed by atoms with Crippen molar-refractivity contribution in [3.8, 4) is 5.88 Å². The van der Waals surface area contributed by atoms with Crippen LogP contribution in [-0.2, 0) is 0 Å². The molecular formula is C15H18IN3O. The van der Waals surface area contributed by atoms with Crippen LogP contribution in [0.4, 0.5) is 17.2 Å². The molecule has 0 fully saturated rings. The summed E-state index contributed by atoms with van der Waals surface area (Å²) in [7, 11) is 0. The Hall–Kier alpha value is -1.50. The van der Waals surface area contributed by atoms with Crippen molar-refractivity contribution in [3.05, 3.63) is 40.0 Å². The van der Waals surface area contributed by atoms with Gasteiger partial charge in [0.1, 0.15) is 11.4 Å². The third-order valence-electron chi connectivity index (χ3n) is 2.39. The first-order valence-corrected chi connectivity index (χ1v) is 7.39. The van der Waals surface area contributed by atoms with Crippen molar-refractivity contribution >= 4 is 39.8 Å². The number of pyridine rings is 1. The zero-order valence-electron chi connectivity index (χ0n) is 11.8. The van der Waals surface area contributed by atoms with E-state index in [1.54, 1.807) is 6.07 Å². The summed E-state index contributed by atoms with van der Waals surface area (Å²) < 4.78 is 6.92. The van der Waals surface area contributed by atoms with Crippen molar-refractivity contribution in [2.24, 2.45) is 0 Å². The molecule has 0 spiro atoms. The third kappa shape index (κ3) is 4.26. The topological polar surface area (TPSA) is 60.2 Å². The number of halogens is 1. The largest absolute Gasteiger partial charge is 0.470 e. The molecule has 106 valence electrons. The Balaban J connectivity index is 2.23. The van der Waals surface area contributed by atoms with Gasteiger partial charge in [-0.2, -0.15) is 4.98 Å². The molecule has 0 aliphatic rings. The first-order chi connectivity index (χ1) is 9.33. The number of benzene rings is 1. The lowest BCUT2D eigenvalue weighted by Gasteiger charge is -2.21. The quantitative estimate of drug-likeness (QED) is 0.781. The molecule has 0 aliphatic heterocycles. The van der Waals surface area contributed by atoms with Gasteiger partial charge in [-0.3, -0.25) is 0 Å². The van der Waals surface area contributed by atoms with Crippen molar-refractivity contribution in [2.75, 3.05) is 11.1 Å². The fourth-order valence-electron chi connectivity index (χ4n) is 1.61. The van der Waals surface area contributed by atoms with Gasteiger partial charge >= 0.3 is 0 Å². The van der Waals surface area contributed by atoms with Gasteiger partial charge in [-0.05, 0) is 73.7 Å². The molecule has 5 heteroatoms. The Labute approximate surface area is 132 Å². The molecule has 2 aromatic rings. The predicted octanol–water partition coefficient (Wildman–Crippen LogP) is 4.19. The van der Waals surface area contributed by atoms with E-state index in [2.05, 4.69) is 32.9 Å². The zero-order valence-corrected chi connectivity index (χ0v) is 13.9. The smallest absolute Gasteiger partial charge is 0.239 e. The van der Waals surface area contributed by atoms with E-state index < -0.39 is 0 Å². The second kappa shape index (κ2) is 5.87. The maximum atomic E-state index is 5.90. The van der Waals surface area contributed by atoms with Gasteiger partial charge in [0.25, 0.3) is 0 Å². The minimum absolute atomic E-state index is 0.331. The Bertz CT molecular complexity index is 608. The number of nitrogens with one attached hydrogen (secondary N) is 1. The molecule has 0 amide bonds. The number of nitrogens with zero attached hydrogens (tertiary/aromatic N) is 1. The van der Waals surface area contributed by atoms with Crippen LogP contribution in [0.5, 0.6) is 5.88 Å². The van der Waals surface area contributed by atoms with Crippen molar-refractivity contribution in [1.29, 1.82) is 0 Å². The van der Waals surface area contributed by atoms with Crippen LogP contribution in [0.25, 0.3) is 0 Å². The molecule has 1 aromatic heterocycles. The molecule has 20 heavy (non-hydrogen) atoms. The number of hydrogen-bond donors (Lipinski definition) is 2. The number of hydrogen-bond acceptors (Lipinski definition) is 4. The fraction of sp³-hybridized carbons (Fsp3) is 0.267. The van der Waals surface area contributed by atoms with Crippen LogP contribution in [-0.4, -0.2) is 10.6 Å². The lowest BCUT2D eigenvalue weighted by molar-refractivity contribution is 0.125. The van der Waals surface area contributed by atoms with Gasteiger partial charge in [0.15, 0.2) is 0 Å². The molecule has 2 rings (SSSR count). The van der Waals surface area contributed by atoms with Crippen LogP contribution in [0.1, 0.15) is 20.8 Å². The average Bonchev–Trinajstić information content (AvgIpc) is 2.32. The van der Waals surface area contributed by atoms with Gasteiger partial charge in [-0.15, -0.1) is 0 Å². The monoisotopic (exact) mass is 383 g/mol. The van der Waals surface area contributed by atoms with E-state index in [4.69, 9.17) is 10.5 Å². The van der Waals surface area contributed by atoms with Gasteiger partial charge in [0.2, 0.25) is 5.88 Å². The number of aromatic nitrogens is 1. The first kappa shape index (κ1) is 14.9. The van der Waals surface area contributed by atoms with Crippen molar-refractivity contribution in [2.45, 2.75) is 26.4 Å². The average molecular weight is 383 g/mol. The van der Waals surface area contributed by atoms with Crippen LogP contribution in [0.3, 0.4) is 0 Å². The molecule has 3 N–H and O–H groups in total. The molecule has 0 bridgehead atoms. The van der Waals surface area contributed by atoms with E-state index in [9.17, 15) is 0 Å². The maximum Gasteiger partial charge on any atom is 0.239 e. The summed E-state index contributed by atoms with van der Waals surface area (Å²) in [5.41, 5.74) is 7.08. The highest BCUT2D eigenvalue weighted by Gasteiger charge is 2.15. The van der Waals surface area contributed by atoms with Crippen molar-refractivity contribution < 1.29 is 4.74 Å². The van der Waals surface area contributed by atoms with E-state index in [-0.39, 0.29) is 5.60 Å². The fourth-order valence-corrected chi connectivity index (χ4v) is 2.15. The second-order valence-electron chi connectivity index (χ2n) is 5.44. The lowest BCUT2D eigenvalue weighted by Crippen LogP contribution is -2.24. The first-order valence-electron chi connectivity index (χ1n) is 6.32. The van der Waals surface area contributed by atoms with Crippen LogP contribution in [0, 0.1) is 3.57 Å². The Morgan fingerprint density at radius 2 is 1.95 bits per heavy atom. The summed E-state index contributed by atoms with van der Waals surface area (Å²) in [6.45, 7) is 5.90.